The smallest absolute Gasteiger partial charge is 0.00963 e. The molecule has 0 unspecified atom stereocenters. The van der Waals surface area contributed by atoms with Crippen LogP contribution < -0.4 is 0 Å². The highest BCUT2D eigenvalue weighted by Crippen LogP contribution is 2.46. The number of rotatable bonds is 2. The monoisotopic (exact) mass is 372 g/mol. The first-order valence-corrected chi connectivity index (χ1v) is 10.5. The number of hydrogen-bond donors (Lipinski definition) is 0. The predicted molar refractivity (Wildman–Crippen MR) is 126 cm³/mol. The second-order valence-corrected chi connectivity index (χ2v) is 10.8. The van der Waals surface area contributed by atoms with Crippen LogP contribution in [0, 0.1) is 10.8 Å². The van der Waals surface area contributed by atoms with E-state index < -0.39 is 0 Å². The van der Waals surface area contributed by atoms with Gasteiger partial charge in [-0.05, 0) is 74.3 Å². The van der Waals surface area contributed by atoms with Crippen LogP contribution in [0.15, 0.2) is 48.6 Å². The molecule has 0 N–H and O–H groups in total. The molecule has 0 aromatic heterocycles. The Morgan fingerprint density at radius 3 is 1.79 bits per heavy atom. The maximum Gasteiger partial charge on any atom is -0.00963 e. The Labute approximate surface area is 172 Å². The van der Waals surface area contributed by atoms with Crippen molar-refractivity contribution < 1.29 is 0 Å². The van der Waals surface area contributed by atoms with E-state index in [1.165, 1.54) is 39.0 Å². The highest BCUT2D eigenvalue weighted by molar-refractivity contribution is 6.01. The fraction of sp³-hybridized carbons (Fsp3) is 0.429. The first-order chi connectivity index (χ1) is 12.8. The number of hydrogen-bond acceptors (Lipinski definition) is 0. The summed E-state index contributed by atoms with van der Waals surface area (Å²) in [4.78, 5) is 0. The number of fused-ring (bicyclic) bond motifs is 3. The van der Waals surface area contributed by atoms with Crippen molar-refractivity contribution in [3.05, 3.63) is 70.8 Å². The molecular formula is C28H36. The zero-order valence-corrected chi connectivity index (χ0v) is 19.2. The van der Waals surface area contributed by atoms with E-state index in [4.69, 9.17) is 0 Å². The minimum absolute atomic E-state index is 0.139. The molecule has 0 amide bonds. The average Bonchev–Trinajstić information content (AvgIpc) is 2.90. The Hall–Kier alpha value is -2.08. The van der Waals surface area contributed by atoms with E-state index in [0.29, 0.717) is 0 Å². The predicted octanol–water partition coefficient (Wildman–Crippen LogP) is 8.50. The molecule has 2 aromatic carbocycles. The van der Waals surface area contributed by atoms with Gasteiger partial charge in [-0.3, -0.25) is 0 Å². The molecule has 0 atom stereocenters. The van der Waals surface area contributed by atoms with Crippen LogP contribution in [0.1, 0.15) is 84.6 Å². The largest absolute Gasteiger partial charge is 0.0791 e. The molecule has 0 heterocycles. The lowest BCUT2D eigenvalue weighted by molar-refractivity contribution is 0.194. The van der Waals surface area contributed by atoms with Crippen molar-refractivity contribution in [2.75, 3.05) is 0 Å². The summed E-state index contributed by atoms with van der Waals surface area (Å²) >= 11 is 0. The van der Waals surface area contributed by atoms with E-state index in [1.807, 2.05) is 0 Å². The molecule has 0 heteroatoms. The van der Waals surface area contributed by atoms with Crippen LogP contribution in [0.25, 0.3) is 22.8 Å². The summed E-state index contributed by atoms with van der Waals surface area (Å²) in [5.41, 5.74) is 10.0. The van der Waals surface area contributed by atoms with Crippen molar-refractivity contribution in [1.29, 1.82) is 0 Å². The van der Waals surface area contributed by atoms with E-state index in [1.54, 1.807) is 0 Å². The van der Waals surface area contributed by atoms with Gasteiger partial charge in [-0.2, -0.15) is 0 Å². The SMILES string of the molecule is CC=C1c2cc(C=CC(C)(C)C(C)(C)C)ccc2-c2ccc(C(C)(C)C)cc21. The van der Waals surface area contributed by atoms with Crippen LogP contribution in [0.3, 0.4) is 0 Å². The zero-order valence-electron chi connectivity index (χ0n) is 19.2. The third kappa shape index (κ3) is 3.62. The normalized spacial score (nSPS) is 16.0. The summed E-state index contributed by atoms with van der Waals surface area (Å²) in [5, 5.41) is 0. The molecule has 28 heavy (non-hydrogen) atoms. The van der Waals surface area contributed by atoms with Gasteiger partial charge in [-0.15, -0.1) is 0 Å². The van der Waals surface area contributed by atoms with Gasteiger partial charge in [0.05, 0.1) is 0 Å². The third-order valence-electron chi connectivity index (χ3n) is 6.71. The molecule has 0 saturated heterocycles. The van der Waals surface area contributed by atoms with Gasteiger partial charge in [-0.1, -0.05) is 97.9 Å². The summed E-state index contributed by atoms with van der Waals surface area (Å²) in [5.74, 6) is 0. The lowest BCUT2D eigenvalue weighted by Gasteiger charge is -2.36. The molecule has 1 aliphatic rings. The first kappa shape index (κ1) is 20.6. The molecule has 0 radical (unpaired) electrons. The van der Waals surface area contributed by atoms with Crippen molar-refractivity contribution in [2.45, 2.75) is 67.7 Å². The van der Waals surface area contributed by atoms with Crippen molar-refractivity contribution >= 4 is 11.6 Å². The van der Waals surface area contributed by atoms with Gasteiger partial charge in [0.15, 0.2) is 0 Å². The van der Waals surface area contributed by atoms with Gasteiger partial charge < -0.3 is 0 Å². The Balaban J connectivity index is 2.04. The van der Waals surface area contributed by atoms with E-state index >= 15 is 0 Å². The van der Waals surface area contributed by atoms with Gasteiger partial charge in [-0.25, -0.2) is 0 Å². The molecule has 2 aromatic rings. The van der Waals surface area contributed by atoms with Gasteiger partial charge in [0.2, 0.25) is 0 Å². The molecule has 0 spiro atoms. The maximum atomic E-state index is 2.39. The van der Waals surface area contributed by atoms with Crippen molar-refractivity contribution in [3.63, 3.8) is 0 Å². The van der Waals surface area contributed by atoms with Crippen LogP contribution in [0.4, 0.5) is 0 Å². The second kappa shape index (κ2) is 6.76. The standard InChI is InChI=1S/C28H36/c1-10-21-24-17-19(15-16-28(8,9)27(5,6)7)11-13-22(24)23-14-12-20(18-25(21)23)26(2,3)4/h10-18H,1-9H3. The lowest BCUT2D eigenvalue weighted by atomic mass is 9.69. The topological polar surface area (TPSA) is 0 Å². The van der Waals surface area contributed by atoms with Crippen LogP contribution in [0.5, 0.6) is 0 Å². The van der Waals surface area contributed by atoms with E-state index in [-0.39, 0.29) is 16.2 Å². The zero-order chi connectivity index (χ0) is 20.9. The Morgan fingerprint density at radius 2 is 1.25 bits per heavy atom. The summed E-state index contributed by atoms with van der Waals surface area (Å²) < 4.78 is 0. The molecule has 0 fully saturated rings. The highest BCUT2D eigenvalue weighted by Gasteiger charge is 2.30. The summed E-state index contributed by atoms with van der Waals surface area (Å²) in [7, 11) is 0. The van der Waals surface area contributed by atoms with Crippen molar-refractivity contribution in [3.8, 4) is 11.1 Å². The molecule has 0 bridgehead atoms. The van der Waals surface area contributed by atoms with Crippen LogP contribution in [0.2, 0.25) is 0 Å². The van der Waals surface area contributed by atoms with E-state index in [2.05, 4.69) is 117 Å². The van der Waals surface area contributed by atoms with Crippen LogP contribution in [-0.4, -0.2) is 0 Å². The van der Waals surface area contributed by atoms with Gasteiger partial charge in [0.25, 0.3) is 0 Å². The fourth-order valence-corrected chi connectivity index (χ4v) is 3.60. The van der Waals surface area contributed by atoms with Crippen molar-refractivity contribution in [1.82, 2.24) is 0 Å². The van der Waals surface area contributed by atoms with Gasteiger partial charge >= 0.3 is 0 Å². The molecule has 0 saturated carbocycles. The van der Waals surface area contributed by atoms with E-state index in [9.17, 15) is 0 Å². The minimum Gasteiger partial charge on any atom is -0.0791 e. The minimum atomic E-state index is 0.139. The fourth-order valence-electron chi connectivity index (χ4n) is 3.60. The quantitative estimate of drug-likeness (QED) is 0.423. The second-order valence-electron chi connectivity index (χ2n) is 10.8. The first-order valence-electron chi connectivity index (χ1n) is 10.5. The summed E-state index contributed by atoms with van der Waals surface area (Å²) in [6.07, 6.45) is 6.93. The van der Waals surface area contributed by atoms with Crippen molar-refractivity contribution in [2.24, 2.45) is 10.8 Å². The molecule has 3 rings (SSSR count). The van der Waals surface area contributed by atoms with Gasteiger partial charge in [0.1, 0.15) is 0 Å². The molecule has 0 aliphatic heterocycles. The van der Waals surface area contributed by atoms with Gasteiger partial charge in [0, 0.05) is 0 Å². The number of allylic oxidation sites excluding steroid dienone is 2. The van der Waals surface area contributed by atoms with Crippen LogP contribution >= 0.6 is 0 Å². The lowest BCUT2D eigenvalue weighted by Crippen LogP contribution is -2.27. The summed E-state index contributed by atoms with van der Waals surface area (Å²) in [6.45, 7) is 20.6. The Kier molecular flexibility index (Phi) is 4.99. The Bertz CT molecular complexity index is 951. The molecule has 1 aliphatic carbocycles. The average molecular weight is 373 g/mol. The Morgan fingerprint density at radius 1 is 0.679 bits per heavy atom. The molecule has 0 nitrogen and oxygen atoms in total. The summed E-state index contributed by atoms with van der Waals surface area (Å²) in [6, 6.07) is 13.9. The van der Waals surface area contributed by atoms with Crippen LogP contribution in [-0.2, 0) is 5.41 Å². The highest BCUT2D eigenvalue weighted by atomic mass is 14.3. The number of benzene rings is 2. The third-order valence-corrected chi connectivity index (χ3v) is 6.71. The molecule has 148 valence electrons. The maximum absolute atomic E-state index is 2.39. The van der Waals surface area contributed by atoms with E-state index in [0.717, 1.165) is 0 Å². The molecular weight excluding hydrogens is 336 g/mol.